The second kappa shape index (κ2) is 7.29. The van der Waals surface area contributed by atoms with Gasteiger partial charge < -0.3 is 9.47 Å². The van der Waals surface area contributed by atoms with Crippen molar-refractivity contribution in [3.63, 3.8) is 0 Å². The molecule has 0 bridgehead atoms. The smallest absolute Gasteiger partial charge is 0.337 e. The monoisotopic (exact) mass is 432 g/mol. The van der Waals surface area contributed by atoms with Gasteiger partial charge in [-0.25, -0.2) is 4.79 Å². The molecule has 6 heteroatoms. The Morgan fingerprint density at radius 3 is 2.43 bits per heavy atom. The summed E-state index contributed by atoms with van der Waals surface area (Å²) in [5.41, 5.74) is 1.38. The van der Waals surface area contributed by atoms with E-state index in [4.69, 9.17) is 16.3 Å². The highest BCUT2D eigenvalue weighted by Crippen LogP contribution is 2.35. The maximum Gasteiger partial charge on any atom is 0.337 e. The molecule has 0 aliphatic rings. The fourth-order valence-electron chi connectivity index (χ4n) is 1.67. The second-order valence-corrected chi connectivity index (χ2v) is 6.35. The minimum Gasteiger partial charge on any atom is -0.486 e. The molecule has 0 amide bonds. The molecule has 0 heterocycles. The average Bonchev–Trinajstić information content (AvgIpc) is 2.47. The van der Waals surface area contributed by atoms with Crippen LogP contribution in [0.4, 0.5) is 0 Å². The molecule has 0 unspecified atom stereocenters. The number of rotatable bonds is 4. The molecule has 0 aliphatic carbocycles. The Morgan fingerprint density at radius 2 is 1.86 bits per heavy atom. The van der Waals surface area contributed by atoms with Gasteiger partial charge in [0.15, 0.2) is 5.75 Å². The Bertz CT molecular complexity index is 633. The summed E-state index contributed by atoms with van der Waals surface area (Å²) in [6, 6.07) is 10.9. The number of methoxy groups -OCH3 is 1. The molecule has 0 N–H and O–H groups in total. The van der Waals surface area contributed by atoms with E-state index in [0.717, 1.165) is 10.0 Å². The summed E-state index contributed by atoms with van der Waals surface area (Å²) < 4.78 is 12.0. The molecule has 2 aromatic rings. The van der Waals surface area contributed by atoms with Crippen molar-refractivity contribution in [1.82, 2.24) is 0 Å². The third-order valence-corrected chi connectivity index (χ3v) is 4.11. The zero-order valence-electron chi connectivity index (χ0n) is 11.0. The van der Waals surface area contributed by atoms with Crippen LogP contribution in [0.1, 0.15) is 15.9 Å². The number of hydrogen-bond acceptors (Lipinski definition) is 3. The van der Waals surface area contributed by atoms with Gasteiger partial charge in [-0.15, -0.1) is 0 Å². The van der Waals surface area contributed by atoms with Crippen molar-refractivity contribution in [3.8, 4) is 5.75 Å². The van der Waals surface area contributed by atoms with Gasteiger partial charge in [0.1, 0.15) is 6.61 Å². The lowest BCUT2D eigenvalue weighted by Gasteiger charge is -2.11. The highest BCUT2D eigenvalue weighted by Gasteiger charge is 2.14. The van der Waals surface area contributed by atoms with Crippen LogP contribution < -0.4 is 4.74 Å². The molecule has 0 spiro atoms. The summed E-state index contributed by atoms with van der Waals surface area (Å²) in [4.78, 5) is 11.5. The van der Waals surface area contributed by atoms with Gasteiger partial charge in [0.05, 0.1) is 22.2 Å². The summed E-state index contributed by atoms with van der Waals surface area (Å²) in [5.74, 6) is 0.0456. The molecule has 0 aromatic heterocycles. The Balaban J connectivity index is 2.17. The van der Waals surface area contributed by atoms with Gasteiger partial charge >= 0.3 is 5.97 Å². The molecule has 0 aliphatic heterocycles. The topological polar surface area (TPSA) is 35.5 Å². The third-order valence-electron chi connectivity index (χ3n) is 2.72. The summed E-state index contributed by atoms with van der Waals surface area (Å²) >= 11 is 12.9. The fourth-order valence-corrected chi connectivity index (χ4v) is 2.90. The van der Waals surface area contributed by atoms with Crippen LogP contribution in [0.3, 0.4) is 0 Å². The van der Waals surface area contributed by atoms with Gasteiger partial charge in [-0.1, -0.05) is 39.7 Å². The van der Waals surface area contributed by atoms with E-state index in [1.54, 1.807) is 6.07 Å². The highest BCUT2D eigenvalue weighted by atomic mass is 79.9. The first kappa shape index (κ1) is 16.3. The summed E-state index contributed by atoms with van der Waals surface area (Å²) in [7, 11) is 1.32. The number of esters is 1. The minimum atomic E-state index is -0.447. The number of carbonyl (C=O) groups excluding carboxylic acids is 1. The molecule has 21 heavy (non-hydrogen) atoms. The molecule has 110 valence electrons. The average molecular weight is 435 g/mol. The van der Waals surface area contributed by atoms with E-state index >= 15 is 0 Å². The van der Waals surface area contributed by atoms with Crippen LogP contribution >= 0.6 is 43.5 Å². The van der Waals surface area contributed by atoms with Crippen LogP contribution in [0.2, 0.25) is 5.02 Å². The lowest BCUT2D eigenvalue weighted by molar-refractivity contribution is 0.0600. The fraction of sp³-hybridized carbons (Fsp3) is 0.133. The number of benzene rings is 2. The number of halogens is 3. The van der Waals surface area contributed by atoms with Crippen LogP contribution in [0.15, 0.2) is 45.3 Å². The molecular weight excluding hydrogens is 423 g/mol. The minimum absolute atomic E-state index is 0.349. The van der Waals surface area contributed by atoms with Crippen LogP contribution in [0, 0.1) is 0 Å². The Hall–Kier alpha value is -1.04. The lowest BCUT2D eigenvalue weighted by atomic mass is 10.2. The number of carbonyl (C=O) groups is 1. The van der Waals surface area contributed by atoms with Crippen molar-refractivity contribution in [3.05, 3.63) is 61.5 Å². The van der Waals surface area contributed by atoms with E-state index < -0.39 is 5.97 Å². The van der Waals surface area contributed by atoms with Crippen molar-refractivity contribution in [2.24, 2.45) is 0 Å². The maximum absolute atomic E-state index is 11.5. The van der Waals surface area contributed by atoms with Gasteiger partial charge in [-0.05, 0) is 45.8 Å². The van der Waals surface area contributed by atoms with E-state index in [0.29, 0.717) is 27.4 Å². The van der Waals surface area contributed by atoms with Gasteiger partial charge in [0, 0.05) is 4.47 Å². The molecule has 0 atom stereocenters. The first-order chi connectivity index (χ1) is 10.0. The van der Waals surface area contributed by atoms with Crippen molar-refractivity contribution >= 4 is 49.4 Å². The summed E-state index contributed by atoms with van der Waals surface area (Å²) in [5, 5.41) is 0.349. The number of hydrogen-bond donors (Lipinski definition) is 0. The largest absolute Gasteiger partial charge is 0.486 e. The molecule has 3 nitrogen and oxygen atoms in total. The molecule has 0 saturated carbocycles. The van der Waals surface area contributed by atoms with E-state index in [1.165, 1.54) is 13.2 Å². The zero-order valence-corrected chi connectivity index (χ0v) is 15.0. The van der Waals surface area contributed by atoms with Crippen LogP contribution in [0.25, 0.3) is 0 Å². The molecule has 0 saturated heterocycles. The molecule has 0 fully saturated rings. The first-order valence-electron chi connectivity index (χ1n) is 5.96. The van der Waals surface area contributed by atoms with Crippen LogP contribution in [-0.4, -0.2) is 13.1 Å². The van der Waals surface area contributed by atoms with E-state index in [1.807, 2.05) is 24.3 Å². The number of ether oxygens (including phenoxy) is 2. The van der Waals surface area contributed by atoms with Crippen molar-refractivity contribution < 1.29 is 14.3 Å². The predicted molar refractivity (Wildman–Crippen MR) is 89.0 cm³/mol. The lowest BCUT2D eigenvalue weighted by Crippen LogP contribution is -2.03. The molecule has 0 radical (unpaired) electrons. The van der Waals surface area contributed by atoms with E-state index in [2.05, 4.69) is 36.6 Å². The van der Waals surface area contributed by atoms with Crippen LogP contribution in [0.5, 0.6) is 5.75 Å². The summed E-state index contributed by atoms with van der Waals surface area (Å²) in [6.07, 6.45) is 0. The Morgan fingerprint density at radius 1 is 1.19 bits per heavy atom. The summed E-state index contributed by atoms with van der Waals surface area (Å²) in [6.45, 7) is 0.378. The Kier molecular flexibility index (Phi) is 5.67. The maximum atomic E-state index is 11.5. The normalized spacial score (nSPS) is 10.3. The van der Waals surface area contributed by atoms with Crippen LogP contribution in [-0.2, 0) is 11.3 Å². The standard InChI is InChI=1S/C15H11Br2ClO3/c1-20-15(19)10-6-12(17)14(13(18)7-10)21-8-9-2-4-11(16)5-3-9/h2-7H,8H2,1H3. The molecular formula is C15H11Br2ClO3. The quantitative estimate of drug-likeness (QED) is 0.618. The third kappa shape index (κ3) is 4.22. The van der Waals surface area contributed by atoms with Gasteiger partial charge in [-0.2, -0.15) is 0 Å². The van der Waals surface area contributed by atoms with Gasteiger partial charge in [0.2, 0.25) is 0 Å². The SMILES string of the molecule is COC(=O)c1cc(Cl)c(OCc2ccc(Br)cc2)c(Br)c1. The van der Waals surface area contributed by atoms with E-state index in [-0.39, 0.29) is 0 Å². The second-order valence-electron chi connectivity index (χ2n) is 4.18. The van der Waals surface area contributed by atoms with Crippen molar-refractivity contribution in [1.29, 1.82) is 0 Å². The molecule has 2 aromatic carbocycles. The first-order valence-corrected chi connectivity index (χ1v) is 7.92. The molecule has 2 rings (SSSR count). The Labute approximate surface area is 144 Å². The van der Waals surface area contributed by atoms with Crippen molar-refractivity contribution in [2.75, 3.05) is 7.11 Å². The zero-order chi connectivity index (χ0) is 15.4. The highest BCUT2D eigenvalue weighted by molar-refractivity contribution is 9.10. The predicted octanol–water partition coefficient (Wildman–Crippen LogP) is 5.23. The van der Waals surface area contributed by atoms with Crippen molar-refractivity contribution in [2.45, 2.75) is 6.61 Å². The van der Waals surface area contributed by atoms with E-state index in [9.17, 15) is 4.79 Å². The van der Waals surface area contributed by atoms with Gasteiger partial charge in [0.25, 0.3) is 0 Å². The van der Waals surface area contributed by atoms with Gasteiger partial charge in [-0.3, -0.25) is 0 Å².